The lowest BCUT2D eigenvalue weighted by Crippen LogP contribution is -2.29. The Morgan fingerprint density at radius 1 is 1.00 bits per heavy atom. The van der Waals surface area contributed by atoms with Crippen LogP contribution < -0.4 is 5.32 Å². The predicted octanol–water partition coefficient (Wildman–Crippen LogP) is 4.88. The molecule has 1 atom stereocenters. The highest BCUT2D eigenvalue weighted by Gasteiger charge is 2.22. The molecule has 0 bridgehead atoms. The van der Waals surface area contributed by atoms with Crippen LogP contribution in [-0.2, 0) is 0 Å². The first-order valence-corrected chi connectivity index (χ1v) is 10.1. The van der Waals surface area contributed by atoms with Gasteiger partial charge in [0.1, 0.15) is 5.69 Å². The number of ketones is 1. The maximum Gasteiger partial charge on any atom is 0.268 e. The molecule has 0 radical (unpaired) electrons. The van der Waals surface area contributed by atoms with Gasteiger partial charge in [0.25, 0.3) is 5.91 Å². The summed E-state index contributed by atoms with van der Waals surface area (Å²) in [6.45, 7) is 5.59. The van der Waals surface area contributed by atoms with Crippen molar-refractivity contribution >= 4 is 22.6 Å². The van der Waals surface area contributed by atoms with Gasteiger partial charge >= 0.3 is 0 Å². The number of aromatic nitrogens is 2. The fourth-order valence-corrected chi connectivity index (χ4v) is 4.26. The van der Waals surface area contributed by atoms with Gasteiger partial charge in [-0.2, -0.15) is 0 Å². The zero-order valence-electron chi connectivity index (χ0n) is 17.4. The Bertz CT molecular complexity index is 1220. The van der Waals surface area contributed by atoms with Crippen LogP contribution in [0.1, 0.15) is 56.1 Å². The third kappa shape index (κ3) is 3.54. The second kappa shape index (κ2) is 8.03. The Kier molecular flexibility index (Phi) is 5.27. The molecule has 5 nitrogen and oxygen atoms in total. The molecule has 0 saturated heterocycles. The van der Waals surface area contributed by atoms with Crippen LogP contribution in [0, 0.1) is 13.8 Å². The van der Waals surface area contributed by atoms with Gasteiger partial charge in [0, 0.05) is 40.8 Å². The molecule has 0 fully saturated rings. The van der Waals surface area contributed by atoms with E-state index in [1.807, 2.05) is 56.4 Å². The molecule has 5 heteroatoms. The highest BCUT2D eigenvalue weighted by molar-refractivity contribution is 6.02. The minimum absolute atomic E-state index is 0.00468. The van der Waals surface area contributed by atoms with Crippen molar-refractivity contribution in [1.29, 1.82) is 0 Å². The van der Waals surface area contributed by atoms with Crippen LogP contribution in [0.15, 0.2) is 60.8 Å². The molecule has 0 aliphatic heterocycles. The van der Waals surface area contributed by atoms with Crippen LogP contribution in [0.3, 0.4) is 0 Å². The van der Waals surface area contributed by atoms with Gasteiger partial charge in [0.05, 0.1) is 0 Å². The van der Waals surface area contributed by atoms with Crippen molar-refractivity contribution in [3.63, 3.8) is 0 Å². The number of benzene rings is 2. The van der Waals surface area contributed by atoms with E-state index in [1.165, 1.54) is 6.92 Å². The number of fused-ring (bicyclic) bond motifs is 1. The standard InChI is InChI=1S/C25H25N3O2/c1-15-23(17(3)29)16(2)28-24(15)25(30)27-13-20(18-9-5-4-6-10-18)21-14-26-22-12-8-7-11-19(21)22/h4-12,14,20,26,28H,13H2,1-3H3,(H,27,30)/t20-/m0/s1. The van der Waals surface area contributed by atoms with Crippen molar-refractivity contribution in [3.05, 3.63) is 94.4 Å². The molecule has 0 spiro atoms. The summed E-state index contributed by atoms with van der Waals surface area (Å²) in [5, 5.41) is 4.22. The lowest BCUT2D eigenvalue weighted by Gasteiger charge is -2.18. The van der Waals surface area contributed by atoms with Gasteiger partial charge in [-0.3, -0.25) is 9.59 Å². The number of hydrogen-bond acceptors (Lipinski definition) is 2. The van der Waals surface area contributed by atoms with Gasteiger partial charge in [0.2, 0.25) is 0 Å². The summed E-state index contributed by atoms with van der Waals surface area (Å²) in [7, 11) is 0. The summed E-state index contributed by atoms with van der Waals surface area (Å²) in [6.07, 6.45) is 2.02. The van der Waals surface area contributed by atoms with E-state index in [4.69, 9.17) is 0 Å². The van der Waals surface area contributed by atoms with Crippen molar-refractivity contribution in [2.24, 2.45) is 0 Å². The largest absolute Gasteiger partial charge is 0.361 e. The van der Waals surface area contributed by atoms with E-state index in [9.17, 15) is 9.59 Å². The molecule has 4 rings (SSSR count). The van der Waals surface area contributed by atoms with E-state index in [1.54, 1.807) is 0 Å². The molecule has 2 heterocycles. The van der Waals surface area contributed by atoms with Gasteiger partial charge < -0.3 is 15.3 Å². The number of aryl methyl sites for hydroxylation is 1. The van der Waals surface area contributed by atoms with Crippen molar-refractivity contribution in [2.75, 3.05) is 6.54 Å². The van der Waals surface area contributed by atoms with E-state index in [0.717, 1.165) is 27.7 Å². The molecule has 152 valence electrons. The van der Waals surface area contributed by atoms with Gasteiger partial charge in [0.15, 0.2) is 5.78 Å². The Hall–Kier alpha value is -3.60. The lowest BCUT2D eigenvalue weighted by molar-refractivity contribution is 0.0947. The number of carbonyl (C=O) groups is 2. The van der Waals surface area contributed by atoms with Gasteiger partial charge in [-0.25, -0.2) is 0 Å². The van der Waals surface area contributed by atoms with Crippen molar-refractivity contribution < 1.29 is 9.59 Å². The van der Waals surface area contributed by atoms with Gasteiger partial charge in [-0.1, -0.05) is 48.5 Å². The van der Waals surface area contributed by atoms with E-state index in [-0.39, 0.29) is 17.6 Å². The number of carbonyl (C=O) groups excluding carboxylic acids is 2. The van der Waals surface area contributed by atoms with Crippen molar-refractivity contribution in [1.82, 2.24) is 15.3 Å². The number of nitrogens with one attached hydrogen (secondary N) is 3. The summed E-state index contributed by atoms with van der Waals surface area (Å²) < 4.78 is 0. The second-order valence-corrected chi connectivity index (χ2v) is 7.64. The number of hydrogen-bond donors (Lipinski definition) is 3. The molecule has 2 aromatic carbocycles. The average Bonchev–Trinajstić information content (AvgIpc) is 3.29. The number of para-hydroxylation sites is 1. The van der Waals surface area contributed by atoms with Gasteiger partial charge in [-0.15, -0.1) is 0 Å². The average molecular weight is 399 g/mol. The zero-order valence-corrected chi connectivity index (χ0v) is 17.4. The topological polar surface area (TPSA) is 77.8 Å². The lowest BCUT2D eigenvalue weighted by atomic mass is 9.91. The van der Waals surface area contributed by atoms with Crippen molar-refractivity contribution in [3.8, 4) is 0 Å². The number of Topliss-reactive ketones (excluding diaryl/α,β-unsaturated/α-hetero) is 1. The molecule has 0 aliphatic rings. The molecule has 4 aromatic rings. The molecule has 3 N–H and O–H groups in total. The molecule has 0 saturated carbocycles. The molecule has 2 aromatic heterocycles. The number of H-pyrrole nitrogens is 2. The Balaban J connectivity index is 1.65. The summed E-state index contributed by atoms with van der Waals surface area (Å²) >= 11 is 0. The fraction of sp³-hybridized carbons (Fsp3) is 0.200. The van der Waals surface area contributed by atoms with Crippen LogP contribution >= 0.6 is 0 Å². The SMILES string of the molecule is CC(=O)c1c(C)[nH]c(C(=O)NC[C@@H](c2ccccc2)c2c[nH]c3ccccc23)c1C. The third-order valence-electron chi connectivity index (χ3n) is 5.68. The van der Waals surface area contributed by atoms with E-state index < -0.39 is 0 Å². The summed E-state index contributed by atoms with van der Waals surface area (Å²) in [4.78, 5) is 31.3. The molecule has 0 unspecified atom stereocenters. The van der Waals surface area contributed by atoms with E-state index >= 15 is 0 Å². The maximum atomic E-state index is 13.0. The Morgan fingerprint density at radius 2 is 1.70 bits per heavy atom. The number of rotatable bonds is 6. The zero-order chi connectivity index (χ0) is 21.3. The first-order chi connectivity index (χ1) is 14.5. The first-order valence-electron chi connectivity index (χ1n) is 10.1. The third-order valence-corrected chi connectivity index (χ3v) is 5.68. The molecular formula is C25H25N3O2. The second-order valence-electron chi connectivity index (χ2n) is 7.64. The summed E-state index contributed by atoms with van der Waals surface area (Å²) in [5.74, 6) is -0.250. The number of amides is 1. The molecule has 1 amide bonds. The Morgan fingerprint density at radius 3 is 2.40 bits per heavy atom. The van der Waals surface area contributed by atoms with E-state index in [2.05, 4.69) is 33.5 Å². The quantitative estimate of drug-likeness (QED) is 0.404. The van der Waals surface area contributed by atoms with Crippen LogP contribution in [0.25, 0.3) is 10.9 Å². The summed E-state index contributed by atoms with van der Waals surface area (Å²) in [5.41, 5.74) is 5.80. The Labute approximate surface area is 175 Å². The highest BCUT2D eigenvalue weighted by Crippen LogP contribution is 2.30. The first kappa shape index (κ1) is 19.7. The smallest absolute Gasteiger partial charge is 0.268 e. The highest BCUT2D eigenvalue weighted by atomic mass is 16.2. The minimum atomic E-state index is -0.205. The van der Waals surface area contributed by atoms with Crippen LogP contribution in [-0.4, -0.2) is 28.2 Å². The normalized spacial score (nSPS) is 12.1. The summed E-state index contributed by atoms with van der Waals surface area (Å²) in [6, 6.07) is 18.3. The van der Waals surface area contributed by atoms with Crippen molar-refractivity contribution in [2.45, 2.75) is 26.7 Å². The van der Waals surface area contributed by atoms with Gasteiger partial charge in [-0.05, 0) is 43.5 Å². The maximum absolute atomic E-state index is 13.0. The fourth-order valence-electron chi connectivity index (χ4n) is 4.26. The van der Waals surface area contributed by atoms with Crippen LogP contribution in [0.4, 0.5) is 0 Å². The molecule has 30 heavy (non-hydrogen) atoms. The minimum Gasteiger partial charge on any atom is -0.361 e. The van der Waals surface area contributed by atoms with E-state index in [0.29, 0.717) is 23.4 Å². The molecule has 0 aliphatic carbocycles. The predicted molar refractivity (Wildman–Crippen MR) is 119 cm³/mol. The van der Waals surface area contributed by atoms with Crippen LogP contribution in [0.5, 0.6) is 0 Å². The molecular weight excluding hydrogens is 374 g/mol. The monoisotopic (exact) mass is 399 g/mol. The number of aromatic amines is 2. The van der Waals surface area contributed by atoms with Crippen LogP contribution in [0.2, 0.25) is 0 Å².